The zero-order valence-corrected chi connectivity index (χ0v) is 10.1. The van der Waals surface area contributed by atoms with Gasteiger partial charge in [0.1, 0.15) is 5.57 Å². The molecule has 0 aliphatic rings. The lowest BCUT2D eigenvalue weighted by Gasteiger charge is -2.28. The highest BCUT2D eigenvalue weighted by atomic mass is 19.4. The van der Waals surface area contributed by atoms with Crippen LogP contribution in [0.3, 0.4) is 0 Å². The highest BCUT2D eigenvalue weighted by Gasteiger charge is 2.63. The molecule has 0 bridgehead atoms. The Hall–Kier alpha value is -1.85. The molecule has 0 aliphatic carbocycles. The van der Waals surface area contributed by atoms with Crippen molar-refractivity contribution in [1.82, 2.24) is 4.98 Å². The average molecular weight is 343 g/mol. The maximum atomic E-state index is 13.8. The minimum absolute atomic E-state index is 0.0415. The van der Waals surface area contributed by atoms with Gasteiger partial charge in [0.25, 0.3) is 18.0 Å². The van der Waals surface area contributed by atoms with Gasteiger partial charge in [0.05, 0.1) is 5.56 Å². The second kappa shape index (κ2) is 5.74. The van der Waals surface area contributed by atoms with Crippen LogP contribution in [-0.4, -0.2) is 24.1 Å². The fourth-order valence-electron chi connectivity index (χ4n) is 1.44. The van der Waals surface area contributed by atoms with Gasteiger partial charge in [0.15, 0.2) is 11.6 Å². The fourth-order valence-corrected chi connectivity index (χ4v) is 1.44. The maximum absolute atomic E-state index is 13.8. The third-order valence-electron chi connectivity index (χ3n) is 2.40. The number of methoxy groups -OCH3 is 1. The van der Waals surface area contributed by atoms with Gasteiger partial charge in [-0.25, -0.2) is 8.78 Å². The summed E-state index contributed by atoms with van der Waals surface area (Å²) in [7, 11) is -0.0415. The van der Waals surface area contributed by atoms with Crippen LogP contribution in [0.1, 0.15) is 5.56 Å². The molecular formula is C10H3F10NO. The van der Waals surface area contributed by atoms with E-state index in [2.05, 4.69) is 4.74 Å². The van der Waals surface area contributed by atoms with Gasteiger partial charge in [-0.15, -0.1) is 0 Å². The first kappa shape index (κ1) is 18.2. The molecule has 1 heterocycles. The minimum Gasteiger partial charge on any atom is -0.339 e. The Bertz CT molecular complexity index is 595. The van der Waals surface area contributed by atoms with Crippen molar-refractivity contribution in [3.05, 3.63) is 35.2 Å². The first-order chi connectivity index (χ1) is 9.88. The number of ether oxygens (including phenoxy) is 1. The van der Waals surface area contributed by atoms with Gasteiger partial charge in [0, 0.05) is 7.11 Å². The van der Waals surface area contributed by atoms with Crippen molar-refractivity contribution in [2.45, 2.75) is 12.0 Å². The summed E-state index contributed by atoms with van der Waals surface area (Å²) in [4.78, 5) is 1.95. The third-order valence-corrected chi connectivity index (χ3v) is 2.40. The van der Waals surface area contributed by atoms with Crippen LogP contribution in [0.15, 0.2) is 6.08 Å². The molecule has 0 spiro atoms. The molecule has 22 heavy (non-hydrogen) atoms. The summed E-state index contributed by atoms with van der Waals surface area (Å²) < 4.78 is 132. The Labute approximate surface area is 115 Å². The Morgan fingerprint density at radius 1 is 0.909 bits per heavy atom. The number of rotatable bonds is 3. The molecule has 0 aromatic carbocycles. The van der Waals surface area contributed by atoms with Gasteiger partial charge < -0.3 is 4.74 Å². The van der Waals surface area contributed by atoms with Crippen LogP contribution in [0, 0.1) is 23.5 Å². The lowest BCUT2D eigenvalue weighted by molar-refractivity contribution is -0.295. The van der Waals surface area contributed by atoms with E-state index in [1.54, 1.807) is 0 Å². The molecule has 12 heteroatoms. The smallest absolute Gasteiger partial charge is 0.339 e. The van der Waals surface area contributed by atoms with Gasteiger partial charge >= 0.3 is 12.0 Å². The molecule has 1 aromatic rings. The molecule has 0 saturated carbocycles. The van der Waals surface area contributed by atoms with Crippen molar-refractivity contribution < 1.29 is 48.6 Å². The molecule has 1 unspecified atom stereocenters. The highest BCUT2D eigenvalue weighted by molar-refractivity contribution is 5.73. The molecule has 1 rings (SSSR count). The number of pyridine rings is 1. The van der Waals surface area contributed by atoms with E-state index in [9.17, 15) is 43.9 Å². The van der Waals surface area contributed by atoms with Crippen LogP contribution in [0.2, 0.25) is 0 Å². The van der Waals surface area contributed by atoms with Crippen molar-refractivity contribution >= 4 is 5.57 Å². The van der Waals surface area contributed by atoms with E-state index < -0.39 is 52.8 Å². The largest absolute Gasteiger partial charge is 0.453 e. The molecule has 0 fully saturated rings. The molecule has 0 N–H and O–H groups in total. The fraction of sp³-hybridized carbons (Fsp3) is 0.300. The van der Waals surface area contributed by atoms with Crippen molar-refractivity contribution in [2.24, 2.45) is 0 Å². The van der Waals surface area contributed by atoms with E-state index in [4.69, 9.17) is 0 Å². The van der Waals surface area contributed by atoms with Gasteiger partial charge in [-0.3, -0.25) is 0 Å². The van der Waals surface area contributed by atoms with E-state index in [-0.39, 0.29) is 7.11 Å². The summed E-state index contributed by atoms with van der Waals surface area (Å²) in [5.41, 5.74) is -5.68. The van der Waals surface area contributed by atoms with Gasteiger partial charge in [0.2, 0.25) is 0 Å². The third kappa shape index (κ3) is 2.74. The number of hydrogen-bond acceptors (Lipinski definition) is 2. The molecule has 0 amide bonds. The predicted molar refractivity (Wildman–Crippen MR) is 50.1 cm³/mol. The molecule has 1 aromatic heterocycles. The maximum Gasteiger partial charge on any atom is 0.453 e. The van der Waals surface area contributed by atoms with E-state index in [1.165, 1.54) is 0 Å². The summed E-state index contributed by atoms with van der Waals surface area (Å²) in [5, 5.41) is 0. The van der Waals surface area contributed by atoms with Gasteiger partial charge in [-0.2, -0.15) is 40.1 Å². The number of halogens is 10. The SMILES string of the molecule is COC(F)(C(=C(F)F)c1c(F)c(F)nc(F)c1F)C(F)(F)F. The summed E-state index contributed by atoms with van der Waals surface area (Å²) in [5.74, 6) is -16.0. The number of aromatic nitrogens is 1. The minimum atomic E-state index is -6.24. The van der Waals surface area contributed by atoms with Gasteiger partial charge in [-0.05, 0) is 0 Å². The number of nitrogens with zero attached hydrogens (tertiary/aromatic N) is 1. The van der Waals surface area contributed by atoms with E-state index >= 15 is 0 Å². The lowest BCUT2D eigenvalue weighted by Crippen LogP contribution is -2.44. The molecule has 0 aliphatic heterocycles. The summed E-state index contributed by atoms with van der Waals surface area (Å²) in [6.07, 6.45) is -9.85. The zero-order valence-electron chi connectivity index (χ0n) is 10.1. The van der Waals surface area contributed by atoms with E-state index in [1.807, 2.05) is 4.98 Å². The molecule has 1 atom stereocenters. The van der Waals surface area contributed by atoms with Crippen LogP contribution < -0.4 is 0 Å². The summed E-state index contributed by atoms with van der Waals surface area (Å²) in [6.45, 7) is 0. The summed E-state index contributed by atoms with van der Waals surface area (Å²) >= 11 is 0. The quantitative estimate of drug-likeness (QED) is 0.608. The van der Waals surface area contributed by atoms with Crippen LogP contribution in [0.5, 0.6) is 0 Å². The zero-order chi connectivity index (χ0) is 17.5. The Morgan fingerprint density at radius 2 is 1.32 bits per heavy atom. The second-order valence-electron chi connectivity index (χ2n) is 3.63. The first-order valence-corrected chi connectivity index (χ1v) is 4.95. The van der Waals surface area contributed by atoms with Crippen molar-refractivity contribution in [2.75, 3.05) is 7.11 Å². The molecular weight excluding hydrogens is 340 g/mol. The number of hydrogen-bond donors (Lipinski definition) is 0. The Balaban J connectivity index is 3.88. The molecule has 0 radical (unpaired) electrons. The predicted octanol–water partition coefficient (Wildman–Crippen LogP) is 4.12. The first-order valence-electron chi connectivity index (χ1n) is 4.95. The van der Waals surface area contributed by atoms with E-state index in [0.717, 1.165) is 0 Å². The molecule has 2 nitrogen and oxygen atoms in total. The monoisotopic (exact) mass is 343 g/mol. The number of alkyl halides is 4. The van der Waals surface area contributed by atoms with Crippen LogP contribution in [0.4, 0.5) is 43.9 Å². The lowest BCUT2D eigenvalue weighted by atomic mass is 9.98. The second-order valence-corrected chi connectivity index (χ2v) is 3.63. The van der Waals surface area contributed by atoms with Crippen molar-refractivity contribution in [1.29, 1.82) is 0 Å². The average Bonchev–Trinajstić information content (AvgIpc) is 2.38. The Kier molecular flexibility index (Phi) is 4.75. The summed E-state index contributed by atoms with van der Waals surface area (Å²) in [6, 6.07) is 0. The standard InChI is InChI=1S/C10H3F10NO/c1-22-9(17,10(18,19)20)3(6(13)14)2-4(11)7(15)21-8(16)5(2)12/h1H3. The Morgan fingerprint density at radius 3 is 1.59 bits per heavy atom. The van der Waals surface area contributed by atoms with Crippen LogP contribution in [-0.2, 0) is 4.74 Å². The normalized spacial score (nSPS) is 14.7. The van der Waals surface area contributed by atoms with Crippen LogP contribution in [0.25, 0.3) is 5.57 Å². The van der Waals surface area contributed by atoms with Crippen molar-refractivity contribution in [3.63, 3.8) is 0 Å². The highest BCUT2D eigenvalue weighted by Crippen LogP contribution is 2.47. The molecule has 124 valence electrons. The van der Waals surface area contributed by atoms with Gasteiger partial charge in [-0.1, -0.05) is 0 Å². The van der Waals surface area contributed by atoms with Crippen molar-refractivity contribution in [3.8, 4) is 0 Å². The topological polar surface area (TPSA) is 22.1 Å². The van der Waals surface area contributed by atoms with E-state index in [0.29, 0.717) is 0 Å². The molecule has 0 saturated heterocycles. The van der Waals surface area contributed by atoms with Crippen LogP contribution >= 0.6 is 0 Å².